The maximum Gasteiger partial charge on any atom is 0.299 e. The molecule has 4 nitrogen and oxygen atoms in total. The van der Waals surface area contributed by atoms with Crippen LogP contribution in [0.15, 0.2) is 12.3 Å². The molecular weight excluding hydrogens is 178 g/mol. The summed E-state index contributed by atoms with van der Waals surface area (Å²) in [4.78, 5) is 13.2. The van der Waals surface area contributed by atoms with Gasteiger partial charge in [0.25, 0.3) is 5.09 Å². The van der Waals surface area contributed by atoms with Gasteiger partial charge in [-0.3, -0.25) is 4.84 Å². The minimum absolute atomic E-state index is 0.556. The molecule has 0 aromatic rings. The highest BCUT2D eigenvalue weighted by Crippen LogP contribution is 1.82. The molecule has 0 atom stereocenters. The highest BCUT2D eigenvalue weighted by molar-refractivity contribution is 9.09. The number of halogens is 1. The van der Waals surface area contributed by atoms with Crippen LogP contribution >= 0.6 is 15.9 Å². The van der Waals surface area contributed by atoms with E-state index < -0.39 is 5.09 Å². The zero-order valence-corrected chi connectivity index (χ0v) is 5.50. The van der Waals surface area contributed by atoms with Gasteiger partial charge in [-0.25, -0.2) is 0 Å². The molecule has 0 spiro atoms. The molecule has 5 heteroatoms. The Kier molecular flexibility index (Phi) is 4.24. The van der Waals surface area contributed by atoms with Crippen LogP contribution in [0.5, 0.6) is 0 Å². The Balaban J connectivity index is 3.16. The number of hydrogen-bond acceptors (Lipinski definition) is 3. The van der Waals surface area contributed by atoms with Crippen LogP contribution in [0.3, 0.4) is 0 Å². The van der Waals surface area contributed by atoms with Crippen LogP contribution in [-0.4, -0.2) is 10.4 Å². The van der Waals surface area contributed by atoms with Gasteiger partial charge < -0.3 is 0 Å². The Labute approximate surface area is 54.4 Å². The van der Waals surface area contributed by atoms with E-state index in [-0.39, 0.29) is 0 Å². The van der Waals surface area contributed by atoms with Crippen LogP contribution in [0.1, 0.15) is 0 Å². The van der Waals surface area contributed by atoms with Crippen LogP contribution in [0.4, 0.5) is 0 Å². The van der Waals surface area contributed by atoms with Crippen molar-refractivity contribution in [2.75, 3.05) is 5.33 Å². The number of hydrogen-bond donors (Lipinski definition) is 0. The van der Waals surface area contributed by atoms with Gasteiger partial charge in [0.2, 0.25) is 0 Å². The molecule has 0 amide bonds. The average molecular weight is 182 g/mol. The molecule has 0 aliphatic rings. The van der Waals surface area contributed by atoms with E-state index in [0.717, 1.165) is 6.26 Å². The Morgan fingerprint density at radius 1 is 1.88 bits per heavy atom. The summed E-state index contributed by atoms with van der Waals surface area (Å²) in [6.45, 7) is 0. The molecule has 0 aliphatic heterocycles. The second kappa shape index (κ2) is 4.58. The van der Waals surface area contributed by atoms with Crippen molar-refractivity contribution in [2.45, 2.75) is 0 Å². The molecule has 0 rings (SSSR count). The maximum atomic E-state index is 9.39. The van der Waals surface area contributed by atoms with Gasteiger partial charge in [0.05, 0.1) is 6.26 Å². The molecule has 0 unspecified atom stereocenters. The van der Waals surface area contributed by atoms with Gasteiger partial charge in [0, 0.05) is 5.33 Å². The summed E-state index contributed by atoms with van der Waals surface area (Å²) < 4.78 is 0. The lowest BCUT2D eigenvalue weighted by molar-refractivity contribution is -0.737. The topological polar surface area (TPSA) is 52.4 Å². The fourth-order valence-electron chi connectivity index (χ4n) is 0.129. The fourth-order valence-corrected chi connectivity index (χ4v) is 0.282. The molecule has 46 valence electrons. The molecule has 0 heterocycles. The van der Waals surface area contributed by atoms with Crippen molar-refractivity contribution in [2.24, 2.45) is 0 Å². The quantitative estimate of drug-likeness (QED) is 0.284. The molecule has 0 fully saturated rings. The predicted molar refractivity (Wildman–Crippen MR) is 31.0 cm³/mol. The highest BCUT2D eigenvalue weighted by Gasteiger charge is 1.83. The van der Waals surface area contributed by atoms with E-state index in [2.05, 4.69) is 20.8 Å². The molecule has 0 bridgehead atoms. The van der Waals surface area contributed by atoms with Crippen molar-refractivity contribution >= 4 is 15.9 Å². The van der Waals surface area contributed by atoms with Gasteiger partial charge >= 0.3 is 0 Å². The monoisotopic (exact) mass is 181 g/mol. The Morgan fingerprint density at radius 3 is 2.88 bits per heavy atom. The first-order chi connectivity index (χ1) is 3.77. The van der Waals surface area contributed by atoms with Crippen LogP contribution < -0.4 is 0 Å². The minimum atomic E-state index is -0.876. The number of nitrogens with zero attached hydrogens (tertiary/aromatic N) is 1. The third-order valence-electron chi connectivity index (χ3n) is 0.332. The van der Waals surface area contributed by atoms with E-state index in [9.17, 15) is 10.1 Å². The summed E-state index contributed by atoms with van der Waals surface area (Å²) in [6, 6.07) is 0. The molecule has 0 saturated carbocycles. The van der Waals surface area contributed by atoms with E-state index >= 15 is 0 Å². The fraction of sp³-hybridized carbons (Fsp3) is 0.333. The SMILES string of the molecule is O=[N+]([O-])OC=CCBr. The third kappa shape index (κ3) is 5.42. The number of alkyl halides is 1. The molecule has 0 aromatic heterocycles. The Hall–Kier alpha value is -0.580. The lowest BCUT2D eigenvalue weighted by Gasteiger charge is -1.81. The summed E-state index contributed by atoms with van der Waals surface area (Å²) in [7, 11) is 0. The van der Waals surface area contributed by atoms with E-state index in [4.69, 9.17) is 0 Å². The summed E-state index contributed by atoms with van der Waals surface area (Å²) in [6.07, 6.45) is 2.48. The van der Waals surface area contributed by atoms with E-state index in [1.807, 2.05) is 0 Å². The molecular formula is C3H4BrNO3. The van der Waals surface area contributed by atoms with Crippen LogP contribution in [0.25, 0.3) is 0 Å². The summed E-state index contributed by atoms with van der Waals surface area (Å²) in [5, 5.41) is 9.07. The first kappa shape index (κ1) is 7.42. The largest absolute Gasteiger partial charge is 0.299 e. The Bertz CT molecular complexity index is 103. The minimum Gasteiger partial charge on any atom is -0.284 e. The van der Waals surface area contributed by atoms with Crippen molar-refractivity contribution in [3.05, 3.63) is 22.5 Å². The maximum absolute atomic E-state index is 9.39. The van der Waals surface area contributed by atoms with Gasteiger partial charge in [0.15, 0.2) is 0 Å². The zero-order valence-electron chi connectivity index (χ0n) is 3.91. The first-order valence-corrected chi connectivity index (χ1v) is 2.91. The summed E-state index contributed by atoms with van der Waals surface area (Å²) in [5.41, 5.74) is 0. The number of rotatable bonds is 3. The second-order valence-electron chi connectivity index (χ2n) is 0.855. The Morgan fingerprint density at radius 2 is 2.50 bits per heavy atom. The van der Waals surface area contributed by atoms with E-state index in [0.29, 0.717) is 5.33 Å². The van der Waals surface area contributed by atoms with Crippen LogP contribution in [-0.2, 0) is 4.84 Å². The molecule has 0 radical (unpaired) electrons. The molecule has 8 heavy (non-hydrogen) atoms. The molecule has 0 saturated heterocycles. The van der Waals surface area contributed by atoms with Crippen molar-refractivity contribution in [3.63, 3.8) is 0 Å². The molecule has 0 aliphatic carbocycles. The molecule has 0 N–H and O–H groups in total. The lowest BCUT2D eigenvalue weighted by Crippen LogP contribution is -1.91. The van der Waals surface area contributed by atoms with Crippen molar-refractivity contribution in [1.29, 1.82) is 0 Å². The smallest absolute Gasteiger partial charge is 0.284 e. The molecule has 0 aromatic carbocycles. The van der Waals surface area contributed by atoms with E-state index in [1.54, 1.807) is 0 Å². The third-order valence-corrected chi connectivity index (χ3v) is 0.706. The predicted octanol–water partition coefficient (Wildman–Crippen LogP) is 1.10. The van der Waals surface area contributed by atoms with Crippen LogP contribution in [0.2, 0.25) is 0 Å². The van der Waals surface area contributed by atoms with Gasteiger partial charge in [0.1, 0.15) is 0 Å². The van der Waals surface area contributed by atoms with Gasteiger partial charge in [-0.15, -0.1) is 10.1 Å². The summed E-state index contributed by atoms with van der Waals surface area (Å²) in [5.74, 6) is 0. The van der Waals surface area contributed by atoms with E-state index in [1.165, 1.54) is 6.08 Å². The first-order valence-electron chi connectivity index (χ1n) is 1.79. The summed E-state index contributed by atoms with van der Waals surface area (Å²) >= 11 is 3.01. The zero-order chi connectivity index (χ0) is 6.41. The van der Waals surface area contributed by atoms with Crippen molar-refractivity contribution in [3.8, 4) is 0 Å². The number of allylic oxidation sites excluding steroid dienone is 1. The van der Waals surface area contributed by atoms with Crippen LogP contribution in [0, 0.1) is 10.1 Å². The average Bonchev–Trinajstić information content (AvgIpc) is 1.66. The standard InChI is InChI=1S/C3H4BrNO3/c4-2-1-3-8-5(6)7/h1,3H,2H2. The lowest BCUT2D eigenvalue weighted by atomic mass is 10.7. The normalized spacial score (nSPS) is 9.62. The van der Waals surface area contributed by atoms with Gasteiger partial charge in [-0.05, 0) is 0 Å². The van der Waals surface area contributed by atoms with Crippen molar-refractivity contribution < 1.29 is 9.92 Å². The van der Waals surface area contributed by atoms with Crippen molar-refractivity contribution in [1.82, 2.24) is 0 Å². The van der Waals surface area contributed by atoms with Gasteiger partial charge in [-0.1, -0.05) is 22.0 Å². The second-order valence-corrected chi connectivity index (χ2v) is 1.50. The van der Waals surface area contributed by atoms with Gasteiger partial charge in [-0.2, -0.15) is 0 Å². The highest BCUT2D eigenvalue weighted by atomic mass is 79.9.